The van der Waals surface area contributed by atoms with E-state index in [9.17, 15) is 9.59 Å². The van der Waals surface area contributed by atoms with Crippen molar-refractivity contribution < 1.29 is 9.59 Å². The quantitative estimate of drug-likeness (QED) is 0.0465. The zero-order valence-electron chi connectivity index (χ0n) is 24.7. The van der Waals surface area contributed by atoms with Crippen LogP contribution >= 0.6 is 11.3 Å². The van der Waals surface area contributed by atoms with Crippen LogP contribution in [0.5, 0.6) is 0 Å². The Balaban J connectivity index is 2.23. The Morgan fingerprint density at radius 2 is 1.03 bits per heavy atom. The first-order chi connectivity index (χ1) is 18.2. The van der Waals surface area contributed by atoms with Gasteiger partial charge in [-0.1, -0.05) is 168 Å². The largest absolute Gasteiger partial charge is 0.294 e. The van der Waals surface area contributed by atoms with E-state index in [-0.39, 0.29) is 5.78 Å². The molecule has 2 nitrogen and oxygen atoms in total. The fourth-order valence-corrected chi connectivity index (χ4v) is 6.50. The molecule has 1 rings (SSSR count). The number of ketones is 1. The van der Waals surface area contributed by atoms with Crippen LogP contribution in [-0.2, 0) is 11.2 Å². The average molecular weight is 533 g/mol. The minimum absolute atomic E-state index is 0.380. The second kappa shape index (κ2) is 25.3. The summed E-state index contributed by atoms with van der Waals surface area (Å²) in [6.45, 7) is 4.57. The Hall–Kier alpha value is -0.960. The molecule has 0 saturated carbocycles. The number of carbonyl (C=O) groups is 2. The number of thiophene rings is 1. The van der Waals surface area contributed by atoms with Crippen LogP contribution in [0.3, 0.4) is 0 Å². The van der Waals surface area contributed by atoms with E-state index < -0.39 is 0 Å². The third-order valence-electron chi connectivity index (χ3n) is 7.97. The molecule has 0 spiro atoms. The summed E-state index contributed by atoms with van der Waals surface area (Å²) in [4.78, 5) is 23.8. The normalized spacial score (nSPS) is 12.2. The van der Waals surface area contributed by atoms with E-state index in [1.165, 1.54) is 159 Å². The van der Waals surface area contributed by atoms with Crippen molar-refractivity contribution >= 4 is 23.4 Å². The molecule has 0 aliphatic rings. The minimum atomic E-state index is -0.380. The van der Waals surface area contributed by atoms with Gasteiger partial charge in [0.1, 0.15) is 0 Å². The summed E-state index contributed by atoms with van der Waals surface area (Å²) in [7, 11) is 0. The first-order valence-corrected chi connectivity index (χ1v) is 17.2. The lowest BCUT2D eigenvalue weighted by atomic mass is 9.90. The maximum atomic E-state index is 11.7. The van der Waals surface area contributed by atoms with Gasteiger partial charge >= 0.3 is 0 Å². The summed E-state index contributed by atoms with van der Waals surface area (Å²) in [6, 6.07) is 1.97. The lowest BCUT2D eigenvalue weighted by Crippen LogP contribution is -2.05. The monoisotopic (exact) mass is 532 g/mol. The van der Waals surface area contributed by atoms with Gasteiger partial charge in [0.25, 0.3) is 0 Å². The Morgan fingerprint density at radius 3 is 1.41 bits per heavy atom. The first-order valence-electron chi connectivity index (χ1n) is 16.3. The number of hydrogen-bond donors (Lipinski definition) is 0. The molecule has 0 saturated heterocycles. The summed E-state index contributed by atoms with van der Waals surface area (Å²) in [5.41, 5.74) is 0.582. The molecule has 0 aliphatic carbocycles. The molecule has 1 aromatic rings. The summed E-state index contributed by atoms with van der Waals surface area (Å²) < 4.78 is 0. The molecule has 214 valence electrons. The second-order valence-corrected chi connectivity index (χ2v) is 12.5. The van der Waals surface area contributed by atoms with E-state index in [2.05, 4.69) is 13.8 Å². The average Bonchev–Trinajstić information content (AvgIpc) is 3.38. The number of rotatable bonds is 28. The van der Waals surface area contributed by atoms with E-state index in [4.69, 9.17) is 0 Å². The predicted molar refractivity (Wildman–Crippen MR) is 164 cm³/mol. The highest BCUT2D eigenvalue weighted by atomic mass is 32.1. The molecule has 0 bridgehead atoms. The van der Waals surface area contributed by atoms with Gasteiger partial charge in [0.05, 0.1) is 0 Å². The van der Waals surface area contributed by atoms with Crippen LogP contribution < -0.4 is 0 Å². The van der Waals surface area contributed by atoms with Crippen molar-refractivity contribution in [1.82, 2.24) is 0 Å². The van der Waals surface area contributed by atoms with Gasteiger partial charge in [0.2, 0.25) is 5.78 Å². The van der Waals surface area contributed by atoms with Crippen LogP contribution in [-0.4, -0.2) is 12.1 Å². The number of Topliss-reactive ketones (excluding diaryl/α,β-unsaturated/α-hetero) is 1. The van der Waals surface area contributed by atoms with E-state index >= 15 is 0 Å². The van der Waals surface area contributed by atoms with Crippen LogP contribution in [0.2, 0.25) is 0 Å². The number of unbranched alkanes of at least 4 members (excludes halogenated alkanes) is 20. The molecule has 1 aromatic heterocycles. The Labute approximate surface area is 234 Å². The summed E-state index contributed by atoms with van der Waals surface area (Å²) in [6.07, 6.45) is 34.8. The number of carbonyl (C=O) groups excluding carboxylic acids is 2. The smallest absolute Gasteiger partial charge is 0.226 e. The maximum absolute atomic E-state index is 11.7. The molecule has 1 heterocycles. The van der Waals surface area contributed by atoms with Gasteiger partial charge in [0, 0.05) is 15.8 Å². The van der Waals surface area contributed by atoms with Gasteiger partial charge in [-0.2, -0.15) is 0 Å². The molecule has 0 radical (unpaired) electrons. The van der Waals surface area contributed by atoms with E-state index in [1.807, 2.05) is 11.4 Å². The zero-order valence-corrected chi connectivity index (χ0v) is 25.5. The zero-order chi connectivity index (χ0) is 26.8. The number of aldehydes is 1. The van der Waals surface area contributed by atoms with Crippen molar-refractivity contribution in [3.05, 3.63) is 21.9 Å². The fourth-order valence-electron chi connectivity index (χ4n) is 5.51. The van der Waals surface area contributed by atoms with Crippen LogP contribution in [0.1, 0.15) is 183 Å². The molecule has 0 amide bonds. The van der Waals surface area contributed by atoms with Gasteiger partial charge in [-0.15, -0.1) is 11.3 Å². The molecule has 1 atom stereocenters. The second-order valence-electron chi connectivity index (χ2n) is 11.5. The van der Waals surface area contributed by atoms with Gasteiger partial charge in [-0.25, -0.2) is 0 Å². The van der Waals surface area contributed by atoms with Crippen molar-refractivity contribution in [2.75, 3.05) is 0 Å². The van der Waals surface area contributed by atoms with Crippen molar-refractivity contribution in [2.24, 2.45) is 5.92 Å². The molecule has 0 aromatic carbocycles. The highest BCUT2D eigenvalue weighted by molar-refractivity contribution is 7.10. The first kappa shape index (κ1) is 34.1. The molecule has 3 heteroatoms. The highest BCUT2D eigenvalue weighted by Crippen LogP contribution is 2.26. The summed E-state index contributed by atoms with van der Waals surface area (Å²) in [5.74, 6) is 0.338. The van der Waals surface area contributed by atoms with Crippen molar-refractivity contribution in [1.29, 1.82) is 0 Å². The van der Waals surface area contributed by atoms with Gasteiger partial charge in [0.15, 0.2) is 6.29 Å². The molecule has 37 heavy (non-hydrogen) atoms. The Morgan fingerprint density at radius 1 is 0.649 bits per heavy atom. The predicted octanol–water partition coefficient (Wildman–Crippen LogP) is 11.7. The summed E-state index contributed by atoms with van der Waals surface area (Å²) in [5, 5.41) is 1.87. The van der Waals surface area contributed by atoms with Crippen LogP contribution in [0.15, 0.2) is 11.4 Å². The van der Waals surface area contributed by atoms with Crippen LogP contribution in [0.4, 0.5) is 0 Å². The van der Waals surface area contributed by atoms with Crippen molar-refractivity contribution in [3.63, 3.8) is 0 Å². The van der Waals surface area contributed by atoms with Crippen LogP contribution in [0, 0.1) is 5.92 Å². The minimum Gasteiger partial charge on any atom is -0.294 e. The van der Waals surface area contributed by atoms with Crippen molar-refractivity contribution in [3.8, 4) is 0 Å². The van der Waals surface area contributed by atoms with Crippen LogP contribution in [0.25, 0.3) is 0 Å². The SMILES string of the molecule is CCCCCCCCCCCCCCC(CCCCCCCCCCCC)Cc1cc(C(=O)C=O)cs1. The van der Waals surface area contributed by atoms with Gasteiger partial charge < -0.3 is 0 Å². The molecular formula is C34H60O2S. The van der Waals surface area contributed by atoms with E-state index in [0.29, 0.717) is 11.8 Å². The standard InChI is InChI=1S/C34H60O2S/c1-3-5-7-9-11-13-15-16-18-20-22-24-26-31(27-33-28-32(30-37-33)34(36)29-35)25-23-21-19-17-14-12-10-8-6-4-2/h28-31H,3-27H2,1-2H3. The lowest BCUT2D eigenvalue weighted by Gasteiger charge is -2.16. The Bertz CT molecular complexity index is 650. The van der Waals surface area contributed by atoms with Gasteiger partial charge in [-0.3, -0.25) is 9.59 Å². The lowest BCUT2D eigenvalue weighted by molar-refractivity contribution is -0.104. The Kier molecular flexibility index (Phi) is 23.3. The number of hydrogen-bond acceptors (Lipinski definition) is 3. The van der Waals surface area contributed by atoms with E-state index in [1.54, 1.807) is 11.3 Å². The van der Waals surface area contributed by atoms with E-state index in [0.717, 1.165) is 12.3 Å². The molecule has 0 N–H and O–H groups in total. The molecule has 1 unspecified atom stereocenters. The van der Waals surface area contributed by atoms with Crippen molar-refractivity contribution in [2.45, 2.75) is 174 Å². The summed E-state index contributed by atoms with van der Waals surface area (Å²) >= 11 is 1.66. The topological polar surface area (TPSA) is 34.1 Å². The maximum Gasteiger partial charge on any atom is 0.226 e. The highest BCUT2D eigenvalue weighted by Gasteiger charge is 2.13. The third kappa shape index (κ3) is 19.7. The van der Waals surface area contributed by atoms with Gasteiger partial charge in [-0.05, 0) is 18.4 Å². The fraction of sp³-hybridized carbons (Fsp3) is 0.824. The molecular weight excluding hydrogens is 472 g/mol. The third-order valence-corrected chi connectivity index (χ3v) is 8.93. The molecule has 0 aliphatic heterocycles. The molecule has 0 fully saturated rings.